The molecule has 0 bridgehead atoms. The molecule has 116 valence electrons. The first kappa shape index (κ1) is 15.7. The van der Waals surface area contributed by atoms with Gasteiger partial charge in [0.15, 0.2) is 9.84 Å². The lowest BCUT2D eigenvalue weighted by Gasteiger charge is -2.31. The maximum absolute atomic E-state index is 11.6. The van der Waals surface area contributed by atoms with Gasteiger partial charge in [-0.2, -0.15) is 0 Å². The maximum Gasteiger partial charge on any atom is 0.317 e. The van der Waals surface area contributed by atoms with Gasteiger partial charge in [0.05, 0.1) is 18.1 Å². The van der Waals surface area contributed by atoms with Crippen LogP contribution in [0.1, 0.15) is 25.7 Å². The predicted octanol–water partition coefficient (Wildman–Crippen LogP) is 0.0460. The molecular formula is C13H24N2O4S. The summed E-state index contributed by atoms with van der Waals surface area (Å²) in [5.41, 5.74) is 0. The molecule has 0 spiro atoms. The first-order valence-electron chi connectivity index (χ1n) is 7.35. The normalized spacial score (nSPS) is 26.9. The van der Waals surface area contributed by atoms with Crippen molar-refractivity contribution in [1.82, 2.24) is 9.80 Å². The molecule has 6 nitrogen and oxygen atoms in total. The fraction of sp³-hybridized carbons (Fsp3) is 0.923. The van der Waals surface area contributed by atoms with Crippen molar-refractivity contribution in [2.24, 2.45) is 0 Å². The van der Waals surface area contributed by atoms with Crippen molar-refractivity contribution in [3.05, 3.63) is 0 Å². The zero-order valence-corrected chi connectivity index (χ0v) is 12.6. The van der Waals surface area contributed by atoms with Gasteiger partial charge in [0, 0.05) is 19.1 Å². The van der Waals surface area contributed by atoms with E-state index in [1.54, 1.807) is 0 Å². The first-order chi connectivity index (χ1) is 9.46. The molecule has 20 heavy (non-hydrogen) atoms. The fourth-order valence-electron chi connectivity index (χ4n) is 3.08. The number of aliphatic carboxylic acids is 1. The molecule has 0 saturated carbocycles. The van der Waals surface area contributed by atoms with Gasteiger partial charge in [-0.25, -0.2) is 8.42 Å². The Morgan fingerprint density at radius 1 is 1.25 bits per heavy atom. The van der Waals surface area contributed by atoms with Gasteiger partial charge in [0.25, 0.3) is 0 Å². The van der Waals surface area contributed by atoms with E-state index >= 15 is 0 Å². The third kappa shape index (κ3) is 4.71. The van der Waals surface area contributed by atoms with Crippen molar-refractivity contribution in [2.75, 3.05) is 44.2 Å². The number of piperidine rings is 1. The molecule has 2 aliphatic heterocycles. The molecule has 0 aromatic heterocycles. The lowest BCUT2D eigenvalue weighted by Crippen LogP contribution is -2.45. The fourth-order valence-corrected chi connectivity index (χ4v) is 4.84. The number of hydrogen-bond acceptors (Lipinski definition) is 5. The Bertz CT molecular complexity index is 432. The smallest absolute Gasteiger partial charge is 0.317 e. The molecule has 1 unspecified atom stereocenters. The third-order valence-electron chi connectivity index (χ3n) is 4.22. The lowest BCUT2D eigenvalue weighted by atomic mass is 10.1. The molecule has 0 aliphatic carbocycles. The lowest BCUT2D eigenvalue weighted by molar-refractivity contribution is -0.138. The number of carboxylic acid groups (broad SMARTS) is 1. The van der Waals surface area contributed by atoms with E-state index in [1.165, 1.54) is 19.3 Å². The van der Waals surface area contributed by atoms with Crippen LogP contribution < -0.4 is 0 Å². The van der Waals surface area contributed by atoms with Gasteiger partial charge in [0.2, 0.25) is 0 Å². The number of rotatable bonds is 6. The molecule has 1 atom stereocenters. The van der Waals surface area contributed by atoms with E-state index in [-0.39, 0.29) is 24.1 Å². The van der Waals surface area contributed by atoms with Crippen LogP contribution in [0.4, 0.5) is 0 Å². The average Bonchev–Trinajstić information content (AvgIpc) is 2.76. The molecule has 0 radical (unpaired) electrons. The number of sulfone groups is 1. The number of carboxylic acids is 1. The highest BCUT2D eigenvalue weighted by Gasteiger charge is 2.33. The largest absolute Gasteiger partial charge is 0.480 e. The van der Waals surface area contributed by atoms with E-state index < -0.39 is 15.8 Å². The standard InChI is InChI=1S/C13H24N2O4S/c16-13(17)10-15(12-4-9-20(18,19)11-12)8-7-14-5-2-1-3-6-14/h12H,1-11H2,(H,16,17). The number of carbonyl (C=O) groups is 1. The van der Waals surface area contributed by atoms with E-state index in [1.807, 2.05) is 4.90 Å². The van der Waals surface area contributed by atoms with E-state index in [4.69, 9.17) is 5.11 Å². The van der Waals surface area contributed by atoms with Crippen molar-refractivity contribution in [3.63, 3.8) is 0 Å². The molecular weight excluding hydrogens is 280 g/mol. The van der Waals surface area contributed by atoms with E-state index in [2.05, 4.69) is 4.90 Å². The molecule has 2 saturated heterocycles. The number of likely N-dealkylation sites (tertiary alicyclic amines) is 1. The molecule has 2 rings (SSSR count). The van der Waals surface area contributed by atoms with Crippen LogP contribution in [0.25, 0.3) is 0 Å². The van der Waals surface area contributed by atoms with Crippen molar-refractivity contribution in [1.29, 1.82) is 0 Å². The summed E-state index contributed by atoms with van der Waals surface area (Å²) >= 11 is 0. The van der Waals surface area contributed by atoms with E-state index in [0.29, 0.717) is 13.0 Å². The highest BCUT2D eigenvalue weighted by Crippen LogP contribution is 2.18. The number of hydrogen-bond donors (Lipinski definition) is 1. The van der Waals surface area contributed by atoms with Crippen molar-refractivity contribution in [3.8, 4) is 0 Å². The van der Waals surface area contributed by atoms with Crippen LogP contribution in [0.3, 0.4) is 0 Å². The van der Waals surface area contributed by atoms with Gasteiger partial charge in [-0.1, -0.05) is 6.42 Å². The summed E-state index contributed by atoms with van der Waals surface area (Å²) in [4.78, 5) is 15.2. The van der Waals surface area contributed by atoms with Crippen molar-refractivity contribution < 1.29 is 18.3 Å². The SMILES string of the molecule is O=C(O)CN(CCN1CCCCC1)C1CCS(=O)(=O)C1. The Kier molecular flexibility index (Phi) is 5.40. The summed E-state index contributed by atoms with van der Waals surface area (Å²) < 4.78 is 23.1. The highest BCUT2D eigenvalue weighted by atomic mass is 32.2. The second-order valence-electron chi connectivity index (χ2n) is 5.82. The van der Waals surface area contributed by atoms with Crippen LogP contribution in [0.15, 0.2) is 0 Å². The summed E-state index contributed by atoms with van der Waals surface area (Å²) in [6.45, 7) is 3.57. The Labute approximate surface area is 120 Å². The third-order valence-corrected chi connectivity index (χ3v) is 5.97. The van der Waals surface area contributed by atoms with Gasteiger partial charge in [-0.3, -0.25) is 9.69 Å². The minimum Gasteiger partial charge on any atom is -0.480 e. The van der Waals surface area contributed by atoms with Crippen LogP contribution in [-0.2, 0) is 14.6 Å². The van der Waals surface area contributed by atoms with Crippen LogP contribution in [0, 0.1) is 0 Å². The van der Waals surface area contributed by atoms with Crippen LogP contribution in [0.5, 0.6) is 0 Å². The minimum atomic E-state index is -2.97. The zero-order valence-electron chi connectivity index (χ0n) is 11.8. The zero-order chi connectivity index (χ0) is 14.6. The topological polar surface area (TPSA) is 77.9 Å². The average molecular weight is 304 g/mol. The van der Waals surface area contributed by atoms with Crippen molar-refractivity contribution >= 4 is 15.8 Å². The summed E-state index contributed by atoms with van der Waals surface area (Å²) in [7, 11) is -2.97. The Morgan fingerprint density at radius 2 is 1.95 bits per heavy atom. The maximum atomic E-state index is 11.6. The van der Waals surface area contributed by atoms with Gasteiger partial charge in [-0.05, 0) is 32.4 Å². The molecule has 0 amide bonds. The number of nitrogens with zero attached hydrogens (tertiary/aromatic N) is 2. The van der Waals surface area contributed by atoms with Gasteiger partial charge < -0.3 is 10.0 Å². The molecule has 2 aliphatic rings. The monoisotopic (exact) mass is 304 g/mol. The van der Waals surface area contributed by atoms with Gasteiger partial charge in [0.1, 0.15) is 0 Å². The quantitative estimate of drug-likeness (QED) is 0.747. The Hall–Kier alpha value is -0.660. The van der Waals surface area contributed by atoms with Crippen LogP contribution in [0.2, 0.25) is 0 Å². The molecule has 2 fully saturated rings. The van der Waals surface area contributed by atoms with E-state index in [0.717, 1.165) is 19.6 Å². The summed E-state index contributed by atoms with van der Waals surface area (Å²) in [5.74, 6) is -0.578. The first-order valence-corrected chi connectivity index (χ1v) is 9.17. The van der Waals surface area contributed by atoms with E-state index in [9.17, 15) is 13.2 Å². The minimum absolute atomic E-state index is 0.0615. The molecule has 1 N–H and O–H groups in total. The molecule has 7 heteroatoms. The van der Waals surface area contributed by atoms with Crippen LogP contribution >= 0.6 is 0 Å². The van der Waals surface area contributed by atoms with Crippen molar-refractivity contribution in [2.45, 2.75) is 31.7 Å². The second kappa shape index (κ2) is 6.87. The van der Waals surface area contributed by atoms with Crippen LogP contribution in [-0.4, -0.2) is 79.6 Å². The van der Waals surface area contributed by atoms with Gasteiger partial charge in [-0.15, -0.1) is 0 Å². The predicted molar refractivity (Wildman–Crippen MR) is 76.6 cm³/mol. The Balaban J connectivity index is 1.88. The van der Waals surface area contributed by atoms with Gasteiger partial charge >= 0.3 is 5.97 Å². The Morgan fingerprint density at radius 3 is 2.50 bits per heavy atom. The molecule has 2 heterocycles. The molecule has 0 aromatic rings. The summed E-state index contributed by atoms with van der Waals surface area (Å²) in [5, 5.41) is 9.01. The molecule has 0 aromatic carbocycles. The summed E-state index contributed by atoms with van der Waals surface area (Å²) in [6.07, 6.45) is 4.25. The highest BCUT2D eigenvalue weighted by molar-refractivity contribution is 7.91. The summed E-state index contributed by atoms with van der Waals surface area (Å²) in [6, 6.07) is -0.124. The second-order valence-corrected chi connectivity index (χ2v) is 8.05.